The van der Waals surface area contributed by atoms with E-state index in [0.717, 1.165) is 12.8 Å². The van der Waals surface area contributed by atoms with Crippen LogP contribution in [-0.2, 0) is 0 Å². The van der Waals surface area contributed by atoms with E-state index in [2.05, 4.69) is 22.1 Å². The van der Waals surface area contributed by atoms with Crippen LogP contribution < -0.4 is 0 Å². The molecule has 1 heterocycles. The molecule has 0 aliphatic heterocycles. The van der Waals surface area contributed by atoms with Gasteiger partial charge in [0.15, 0.2) is 5.78 Å². The van der Waals surface area contributed by atoms with Crippen molar-refractivity contribution >= 4 is 11.6 Å². The van der Waals surface area contributed by atoms with Gasteiger partial charge in [0.1, 0.15) is 12.0 Å². The van der Waals surface area contributed by atoms with Gasteiger partial charge in [0, 0.05) is 29.2 Å². The molecule has 0 amide bonds. The van der Waals surface area contributed by atoms with Crippen molar-refractivity contribution in [2.24, 2.45) is 11.8 Å². The van der Waals surface area contributed by atoms with Crippen LogP contribution in [0.2, 0.25) is 0 Å². The predicted molar refractivity (Wildman–Crippen MR) is 63.1 cm³/mol. The Morgan fingerprint density at radius 1 is 1.00 bits per heavy atom. The highest BCUT2D eigenvalue weighted by atomic mass is 16.1. The number of ketones is 2. The molecule has 18 heavy (non-hydrogen) atoms. The summed E-state index contributed by atoms with van der Waals surface area (Å²) in [4.78, 5) is 32.8. The number of carbonyl (C=O) groups is 2. The average Bonchev–Trinajstić information content (AvgIpc) is 2.45. The van der Waals surface area contributed by atoms with Gasteiger partial charge >= 0.3 is 0 Å². The summed E-state index contributed by atoms with van der Waals surface area (Å²) in [6, 6.07) is 0. The highest BCUT2D eigenvalue weighted by Crippen LogP contribution is 2.45. The van der Waals surface area contributed by atoms with Crippen molar-refractivity contribution in [2.45, 2.75) is 12.8 Å². The van der Waals surface area contributed by atoms with E-state index in [1.54, 1.807) is 0 Å². The van der Waals surface area contributed by atoms with Gasteiger partial charge in [0.2, 0.25) is 5.78 Å². The van der Waals surface area contributed by atoms with E-state index < -0.39 is 0 Å². The van der Waals surface area contributed by atoms with Crippen LogP contribution in [0.3, 0.4) is 0 Å². The fourth-order valence-electron chi connectivity index (χ4n) is 3.23. The molecule has 4 nitrogen and oxygen atoms in total. The number of rotatable bonds is 0. The van der Waals surface area contributed by atoms with Crippen LogP contribution in [0.15, 0.2) is 35.8 Å². The summed E-state index contributed by atoms with van der Waals surface area (Å²) in [5, 5.41) is 0. The zero-order valence-corrected chi connectivity index (χ0v) is 9.59. The Labute approximate surface area is 103 Å². The summed E-state index contributed by atoms with van der Waals surface area (Å²) in [6.45, 7) is 0. The van der Waals surface area contributed by atoms with Crippen molar-refractivity contribution in [3.8, 4) is 0 Å². The first-order chi connectivity index (χ1) is 8.77. The van der Waals surface area contributed by atoms with E-state index in [1.165, 1.54) is 12.5 Å². The van der Waals surface area contributed by atoms with E-state index >= 15 is 0 Å². The Hall–Kier alpha value is -2.10. The van der Waals surface area contributed by atoms with Crippen molar-refractivity contribution in [1.82, 2.24) is 9.97 Å². The molecule has 0 N–H and O–H groups in total. The molecule has 0 spiro atoms. The van der Waals surface area contributed by atoms with Crippen LogP contribution in [0, 0.1) is 11.8 Å². The minimum atomic E-state index is -0.0824. The van der Waals surface area contributed by atoms with E-state index in [4.69, 9.17) is 0 Å². The molecule has 1 aromatic rings. The van der Waals surface area contributed by atoms with Gasteiger partial charge in [-0.05, 0) is 12.8 Å². The first kappa shape index (κ1) is 9.88. The van der Waals surface area contributed by atoms with E-state index in [1.807, 2.05) is 0 Å². The third-order valence-corrected chi connectivity index (χ3v) is 4.06. The molecule has 0 fully saturated rings. The molecule has 0 radical (unpaired) electrons. The third kappa shape index (κ3) is 1.05. The van der Waals surface area contributed by atoms with Gasteiger partial charge in [-0.3, -0.25) is 9.59 Å². The molecule has 1 aromatic heterocycles. The predicted octanol–water partition coefficient (Wildman–Crippen LogP) is 1.75. The van der Waals surface area contributed by atoms with Crippen LogP contribution in [-0.4, -0.2) is 21.5 Å². The fourth-order valence-corrected chi connectivity index (χ4v) is 3.23. The maximum atomic E-state index is 12.5. The lowest BCUT2D eigenvalue weighted by Crippen LogP contribution is -2.35. The molecule has 4 aliphatic carbocycles. The number of Topliss-reactive ketones (excluding diaryl/α,β-unsaturated/α-hetero) is 2. The largest absolute Gasteiger partial charge is 0.289 e. The normalized spacial score (nSPS) is 28.4. The molecule has 0 saturated heterocycles. The van der Waals surface area contributed by atoms with Gasteiger partial charge in [0.25, 0.3) is 0 Å². The second-order valence-corrected chi connectivity index (χ2v) is 4.95. The van der Waals surface area contributed by atoms with Gasteiger partial charge in [-0.2, -0.15) is 0 Å². The highest BCUT2D eigenvalue weighted by Gasteiger charge is 2.43. The number of fused-ring (bicyclic) bond motifs is 2. The molecule has 4 aliphatic rings. The Balaban J connectivity index is 1.99. The van der Waals surface area contributed by atoms with Gasteiger partial charge in [-0.25, -0.2) is 9.97 Å². The third-order valence-electron chi connectivity index (χ3n) is 4.06. The molecule has 0 aromatic carbocycles. The number of carbonyl (C=O) groups excluding carboxylic acids is 2. The Kier molecular flexibility index (Phi) is 1.77. The van der Waals surface area contributed by atoms with E-state index in [9.17, 15) is 9.59 Å². The van der Waals surface area contributed by atoms with Gasteiger partial charge in [0.05, 0.1) is 5.56 Å². The average molecular weight is 238 g/mol. The van der Waals surface area contributed by atoms with Crippen LogP contribution in [0.5, 0.6) is 0 Å². The van der Waals surface area contributed by atoms with Crippen molar-refractivity contribution in [3.05, 3.63) is 47.1 Å². The summed E-state index contributed by atoms with van der Waals surface area (Å²) in [6.07, 6.45) is 8.82. The lowest BCUT2D eigenvalue weighted by Gasteiger charge is -2.36. The summed E-state index contributed by atoms with van der Waals surface area (Å²) in [5.41, 5.74) is 2.02. The fraction of sp³-hybridized carbons (Fsp3) is 0.286. The Morgan fingerprint density at radius 3 is 2.33 bits per heavy atom. The van der Waals surface area contributed by atoms with Crippen LogP contribution >= 0.6 is 0 Å². The topological polar surface area (TPSA) is 59.9 Å². The molecular weight excluding hydrogens is 228 g/mol. The summed E-state index contributed by atoms with van der Waals surface area (Å²) in [5.74, 6) is 0.0691. The van der Waals surface area contributed by atoms with E-state index in [-0.39, 0.29) is 29.1 Å². The lowest BCUT2D eigenvalue weighted by molar-refractivity contribution is 0.0945. The number of hydrogen-bond donors (Lipinski definition) is 0. The smallest absolute Gasteiger partial charge is 0.209 e. The van der Waals surface area contributed by atoms with Crippen molar-refractivity contribution in [2.75, 3.05) is 0 Å². The first-order valence-electron chi connectivity index (χ1n) is 6.09. The highest BCUT2D eigenvalue weighted by molar-refractivity contribution is 6.26. The number of hydrogen-bond acceptors (Lipinski definition) is 4. The first-order valence-corrected chi connectivity index (χ1v) is 6.09. The van der Waals surface area contributed by atoms with Gasteiger partial charge < -0.3 is 0 Å². The van der Waals surface area contributed by atoms with Crippen LogP contribution in [0.1, 0.15) is 33.7 Å². The zero-order valence-electron chi connectivity index (χ0n) is 9.59. The van der Waals surface area contributed by atoms with Crippen molar-refractivity contribution in [3.63, 3.8) is 0 Å². The molecule has 2 unspecified atom stereocenters. The molecular formula is C14H10N2O2. The molecule has 2 atom stereocenters. The monoisotopic (exact) mass is 238 g/mol. The van der Waals surface area contributed by atoms with Crippen molar-refractivity contribution < 1.29 is 9.59 Å². The minimum absolute atomic E-state index is 0.0562. The Morgan fingerprint density at radius 2 is 1.67 bits per heavy atom. The van der Waals surface area contributed by atoms with Gasteiger partial charge in [-0.15, -0.1) is 0 Å². The maximum Gasteiger partial charge on any atom is 0.209 e. The summed E-state index contributed by atoms with van der Waals surface area (Å²) in [7, 11) is 0. The van der Waals surface area contributed by atoms with Crippen LogP contribution in [0.25, 0.3) is 0 Å². The molecule has 88 valence electrons. The quantitative estimate of drug-likeness (QED) is 0.646. The standard InChI is InChI=1S/C14H10N2O2/c17-13-9-5-15-6-16-12(9)14(18)11-8-3-1-7(2-4-8)10(11)13/h1,3,5-8H,2,4H2. The second kappa shape index (κ2) is 3.22. The van der Waals surface area contributed by atoms with Gasteiger partial charge in [-0.1, -0.05) is 12.2 Å². The zero-order chi connectivity index (χ0) is 12.3. The molecule has 5 rings (SSSR count). The SMILES string of the molecule is O=C1C2=C(C(=O)c3ncncc31)C1C=CC2CC1. The number of aromatic nitrogens is 2. The summed E-state index contributed by atoms with van der Waals surface area (Å²) >= 11 is 0. The summed E-state index contributed by atoms with van der Waals surface area (Å²) < 4.78 is 0. The van der Waals surface area contributed by atoms with Crippen molar-refractivity contribution in [1.29, 1.82) is 0 Å². The molecule has 2 bridgehead atoms. The molecule has 0 saturated carbocycles. The molecule has 4 heteroatoms. The number of nitrogens with zero attached hydrogens (tertiary/aromatic N) is 2. The number of allylic oxidation sites excluding steroid dienone is 4. The Bertz CT molecular complexity index is 603. The second-order valence-electron chi connectivity index (χ2n) is 4.95. The van der Waals surface area contributed by atoms with E-state index in [0.29, 0.717) is 16.7 Å². The minimum Gasteiger partial charge on any atom is -0.289 e. The lowest BCUT2D eigenvalue weighted by atomic mass is 9.66. The van der Waals surface area contributed by atoms with Crippen LogP contribution in [0.4, 0.5) is 0 Å². The maximum absolute atomic E-state index is 12.5.